The molecule has 0 fully saturated rings. The molecular weight excluding hydrogens is 264 g/mol. The average molecular weight is 284 g/mol. The van der Waals surface area contributed by atoms with Gasteiger partial charge in [-0.15, -0.1) is 0 Å². The van der Waals surface area contributed by atoms with Crippen molar-refractivity contribution >= 4 is 23.0 Å². The van der Waals surface area contributed by atoms with Gasteiger partial charge in [-0.3, -0.25) is 0 Å². The van der Waals surface area contributed by atoms with Crippen LogP contribution in [0, 0.1) is 0 Å². The Morgan fingerprint density at radius 2 is 1.76 bits per heavy atom. The van der Waals surface area contributed by atoms with Crippen LogP contribution in [0.1, 0.15) is 31.1 Å². The van der Waals surface area contributed by atoms with E-state index >= 15 is 0 Å². The molecular formula is C17H20N2O2. The van der Waals surface area contributed by atoms with Gasteiger partial charge in [-0.2, -0.15) is 0 Å². The van der Waals surface area contributed by atoms with Crippen LogP contribution in [0.15, 0.2) is 48.5 Å². The first-order chi connectivity index (χ1) is 9.85. The maximum absolute atomic E-state index is 12.1. The van der Waals surface area contributed by atoms with E-state index in [1.54, 1.807) is 18.2 Å². The Bertz CT molecular complexity index is 631. The number of benzene rings is 2. The predicted octanol–water partition coefficient (Wildman–Crippen LogP) is 3.97. The summed E-state index contributed by atoms with van der Waals surface area (Å²) in [7, 11) is 0. The molecule has 0 atom stereocenters. The third-order valence-electron chi connectivity index (χ3n) is 2.74. The number of para-hydroxylation sites is 1. The molecule has 0 aromatic heterocycles. The Hall–Kier alpha value is -2.49. The second-order valence-electron chi connectivity index (χ2n) is 5.79. The van der Waals surface area contributed by atoms with Gasteiger partial charge >= 0.3 is 5.97 Å². The zero-order chi connectivity index (χ0) is 15.5. The van der Waals surface area contributed by atoms with Gasteiger partial charge in [0.1, 0.15) is 5.60 Å². The van der Waals surface area contributed by atoms with E-state index in [4.69, 9.17) is 10.5 Å². The number of nitrogens with two attached hydrogens (primary N) is 1. The normalized spacial score (nSPS) is 11.0. The lowest BCUT2D eigenvalue weighted by Crippen LogP contribution is -2.23. The lowest BCUT2D eigenvalue weighted by molar-refractivity contribution is 0.00696. The summed E-state index contributed by atoms with van der Waals surface area (Å²) in [6, 6.07) is 14.7. The van der Waals surface area contributed by atoms with Gasteiger partial charge in [0.05, 0.1) is 16.9 Å². The van der Waals surface area contributed by atoms with E-state index in [9.17, 15) is 4.79 Å². The quantitative estimate of drug-likeness (QED) is 0.661. The van der Waals surface area contributed by atoms with Crippen LogP contribution in [-0.2, 0) is 4.74 Å². The van der Waals surface area contributed by atoms with E-state index in [1.807, 2.05) is 51.1 Å². The fourth-order valence-corrected chi connectivity index (χ4v) is 1.81. The van der Waals surface area contributed by atoms with Crippen LogP contribution < -0.4 is 11.1 Å². The highest BCUT2D eigenvalue weighted by atomic mass is 16.6. The fraction of sp³-hybridized carbons (Fsp3) is 0.235. The summed E-state index contributed by atoms with van der Waals surface area (Å²) < 4.78 is 5.36. The highest BCUT2D eigenvalue weighted by molar-refractivity contribution is 5.92. The lowest BCUT2D eigenvalue weighted by Gasteiger charge is -2.20. The molecule has 0 aliphatic rings. The van der Waals surface area contributed by atoms with E-state index < -0.39 is 5.60 Å². The van der Waals surface area contributed by atoms with Crippen molar-refractivity contribution < 1.29 is 9.53 Å². The van der Waals surface area contributed by atoms with Crippen molar-refractivity contribution in [1.29, 1.82) is 0 Å². The molecule has 4 nitrogen and oxygen atoms in total. The van der Waals surface area contributed by atoms with Crippen molar-refractivity contribution in [2.24, 2.45) is 0 Å². The molecule has 0 amide bonds. The fourth-order valence-electron chi connectivity index (χ4n) is 1.81. The van der Waals surface area contributed by atoms with Crippen LogP contribution in [0.4, 0.5) is 17.1 Å². The second-order valence-corrected chi connectivity index (χ2v) is 5.79. The van der Waals surface area contributed by atoms with Gasteiger partial charge in [-0.1, -0.05) is 18.2 Å². The number of hydrogen-bond acceptors (Lipinski definition) is 4. The Labute approximate surface area is 124 Å². The van der Waals surface area contributed by atoms with Gasteiger partial charge in [0.25, 0.3) is 0 Å². The van der Waals surface area contributed by atoms with E-state index in [0.29, 0.717) is 16.9 Å². The molecule has 21 heavy (non-hydrogen) atoms. The number of rotatable bonds is 3. The van der Waals surface area contributed by atoms with Crippen LogP contribution in [0.5, 0.6) is 0 Å². The molecule has 110 valence electrons. The summed E-state index contributed by atoms with van der Waals surface area (Å²) in [5.41, 5.74) is 8.07. The van der Waals surface area contributed by atoms with Crippen LogP contribution >= 0.6 is 0 Å². The zero-order valence-electron chi connectivity index (χ0n) is 12.5. The molecule has 3 N–H and O–H groups in total. The van der Waals surface area contributed by atoms with Crippen LogP contribution in [-0.4, -0.2) is 11.6 Å². The largest absolute Gasteiger partial charge is 0.456 e. The van der Waals surface area contributed by atoms with E-state index in [1.165, 1.54) is 0 Å². The summed E-state index contributed by atoms with van der Waals surface area (Å²) in [6.07, 6.45) is 0. The maximum Gasteiger partial charge on any atom is 0.338 e. The molecule has 0 unspecified atom stereocenters. The van der Waals surface area contributed by atoms with Gasteiger partial charge in [-0.25, -0.2) is 4.79 Å². The highest BCUT2D eigenvalue weighted by Crippen LogP contribution is 2.25. The van der Waals surface area contributed by atoms with Crippen LogP contribution in [0.2, 0.25) is 0 Å². The molecule has 0 aliphatic heterocycles. The SMILES string of the molecule is CC(C)(C)OC(=O)c1ccc(N)c(Nc2ccccc2)c1. The van der Waals surface area contributed by atoms with Crippen molar-refractivity contribution in [3.63, 3.8) is 0 Å². The number of carbonyl (C=O) groups excluding carboxylic acids is 1. The predicted molar refractivity (Wildman–Crippen MR) is 85.7 cm³/mol. The summed E-state index contributed by atoms with van der Waals surface area (Å²) in [6.45, 7) is 5.52. The van der Waals surface area contributed by atoms with Gasteiger partial charge in [0.15, 0.2) is 0 Å². The first-order valence-corrected chi connectivity index (χ1v) is 6.80. The first kappa shape index (κ1) is 14.9. The lowest BCUT2D eigenvalue weighted by atomic mass is 10.1. The maximum atomic E-state index is 12.1. The summed E-state index contributed by atoms with van der Waals surface area (Å²) >= 11 is 0. The first-order valence-electron chi connectivity index (χ1n) is 6.80. The number of carbonyl (C=O) groups is 1. The minimum Gasteiger partial charge on any atom is -0.456 e. The molecule has 0 spiro atoms. The van der Waals surface area contributed by atoms with Gasteiger partial charge in [-0.05, 0) is 51.1 Å². The number of hydrogen-bond donors (Lipinski definition) is 2. The van der Waals surface area contributed by atoms with E-state index in [2.05, 4.69) is 5.32 Å². The van der Waals surface area contributed by atoms with Crippen molar-refractivity contribution in [3.05, 3.63) is 54.1 Å². The summed E-state index contributed by atoms with van der Waals surface area (Å²) in [4.78, 5) is 12.1. The van der Waals surface area contributed by atoms with Gasteiger partial charge in [0.2, 0.25) is 0 Å². The second kappa shape index (κ2) is 5.87. The molecule has 0 saturated carbocycles. The Morgan fingerprint density at radius 1 is 1.10 bits per heavy atom. The van der Waals surface area contributed by atoms with Gasteiger partial charge in [0, 0.05) is 5.69 Å². The number of anilines is 3. The standard InChI is InChI=1S/C17H20N2O2/c1-17(2,3)21-16(20)12-9-10-14(18)15(11-12)19-13-7-5-4-6-8-13/h4-11,19H,18H2,1-3H3. The Morgan fingerprint density at radius 3 is 2.38 bits per heavy atom. The molecule has 0 heterocycles. The van der Waals surface area contributed by atoms with Crippen molar-refractivity contribution in [2.45, 2.75) is 26.4 Å². The molecule has 0 radical (unpaired) electrons. The topological polar surface area (TPSA) is 64.3 Å². The molecule has 0 saturated heterocycles. The zero-order valence-corrected chi connectivity index (χ0v) is 12.5. The van der Waals surface area contributed by atoms with Crippen LogP contribution in [0.3, 0.4) is 0 Å². The minimum absolute atomic E-state index is 0.362. The summed E-state index contributed by atoms with van der Waals surface area (Å²) in [5.74, 6) is -0.362. The molecule has 2 aromatic carbocycles. The van der Waals surface area contributed by atoms with E-state index in [0.717, 1.165) is 5.69 Å². The number of nitrogen functional groups attached to an aromatic ring is 1. The average Bonchev–Trinajstić information content (AvgIpc) is 2.40. The number of ether oxygens (including phenoxy) is 1. The van der Waals surface area contributed by atoms with Crippen molar-refractivity contribution in [3.8, 4) is 0 Å². The Balaban J connectivity index is 2.23. The minimum atomic E-state index is -0.522. The molecule has 4 heteroatoms. The Kier molecular flexibility index (Phi) is 4.17. The number of esters is 1. The van der Waals surface area contributed by atoms with E-state index in [-0.39, 0.29) is 5.97 Å². The third kappa shape index (κ3) is 4.24. The monoisotopic (exact) mass is 284 g/mol. The molecule has 0 aliphatic carbocycles. The number of nitrogens with one attached hydrogen (secondary N) is 1. The van der Waals surface area contributed by atoms with Gasteiger partial charge < -0.3 is 15.8 Å². The molecule has 2 aromatic rings. The summed E-state index contributed by atoms with van der Waals surface area (Å²) in [5, 5.41) is 3.20. The van der Waals surface area contributed by atoms with Crippen molar-refractivity contribution in [2.75, 3.05) is 11.1 Å². The molecule has 0 bridgehead atoms. The molecule has 2 rings (SSSR count). The smallest absolute Gasteiger partial charge is 0.338 e. The third-order valence-corrected chi connectivity index (χ3v) is 2.74. The highest BCUT2D eigenvalue weighted by Gasteiger charge is 2.18. The van der Waals surface area contributed by atoms with Crippen molar-refractivity contribution in [1.82, 2.24) is 0 Å². The van der Waals surface area contributed by atoms with Crippen LogP contribution in [0.25, 0.3) is 0 Å².